The highest BCUT2D eigenvalue weighted by molar-refractivity contribution is 5.71. The van der Waals surface area contributed by atoms with Crippen molar-refractivity contribution in [3.05, 3.63) is 84.9 Å². The quantitative estimate of drug-likeness (QED) is 0.295. The molecule has 2 heterocycles. The van der Waals surface area contributed by atoms with Crippen molar-refractivity contribution in [3.63, 3.8) is 0 Å². The number of rotatable bonds is 9. The zero-order valence-electron chi connectivity index (χ0n) is 17.3. The van der Waals surface area contributed by atoms with E-state index in [1.165, 1.54) is 17.8 Å². The SMILES string of the molecule is CCn1c(=O)c([N+](=O)[O-])c(C=Cc2cnn(-c3ccccc3)c2)n(CCCOC)c1=O. The molecule has 0 aliphatic heterocycles. The summed E-state index contributed by atoms with van der Waals surface area (Å²) in [4.78, 5) is 36.4. The van der Waals surface area contributed by atoms with Crippen LogP contribution in [0.3, 0.4) is 0 Å². The minimum atomic E-state index is -0.917. The van der Waals surface area contributed by atoms with E-state index in [0.29, 0.717) is 18.6 Å². The van der Waals surface area contributed by atoms with Crippen LogP contribution in [-0.2, 0) is 17.8 Å². The lowest BCUT2D eigenvalue weighted by molar-refractivity contribution is -0.387. The van der Waals surface area contributed by atoms with Crippen LogP contribution in [0.1, 0.15) is 24.6 Å². The molecule has 0 atom stereocenters. The lowest BCUT2D eigenvalue weighted by atomic mass is 10.2. The maximum absolute atomic E-state index is 12.8. The minimum absolute atomic E-state index is 0.0383. The summed E-state index contributed by atoms with van der Waals surface area (Å²) < 4.78 is 8.81. The number of hydrogen-bond donors (Lipinski definition) is 0. The Morgan fingerprint density at radius 1 is 1.16 bits per heavy atom. The molecular weight excluding hydrogens is 402 g/mol. The van der Waals surface area contributed by atoms with Gasteiger partial charge in [-0.2, -0.15) is 5.10 Å². The molecule has 2 aromatic heterocycles. The van der Waals surface area contributed by atoms with Gasteiger partial charge in [-0.3, -0.25) is 24.0 Å². The molecule has 10 nitrogen and oxygen atoms in total. The van der Waals surface area contributed by atoms with E-state index in [9.17, 15) is 19.7 Å². The zero-order valence-corrected chi connectivity index (χ0v) is 17.3. The molecule has 1 aromatic carbocycles. The molecule has 0 N–H and O–H groups in total. The van der Waals surface area contributed by atoms with Gasteiger partial charge in [0.05, 0.1) is 16.8 Å². The minimum Gasteiger partial charge on any atom is -0.385 e. The summed E-state index contributed by atoms with van der Waals surface area (Å²) in [6, 6.07) is 9.45. The highest BCUT2D eigenvalue weighted by Gasteiger charge is 2.25. The molecule has 0 spiro atoms. The Morgan fingerprint density at radius 3 is 2.55 bits per heavy atom. The smallest absolute Gasteiger partial charge is 0.357 e. The summed E-state index contributed by atoms with van der Waals surface area (Å²) in [5.74, 6) is 0. The van der Waals surface area contributed by atoms with Crippen LogP contribution in [0, 0.1) is 10.1 Å². The third-order valence-electron chi connectivity index (χ3n) is 4.73. The molecule has 0 aliphatic rings. The number of nitrogens with zero attached hydrogens (tertiary/aromatic N) is 5. The standard InChI is InChI=1S/C21H23N5O5/c1-3-23-20(27)19(26(29)30)18(24(21(23)28)12-7-13-31-2)11-10-16-14-22-25(15-16)17-8-5-4-6-9-17/h4-6,8-11,14-15H,3,7,12-13H2,1-2H3. The van der Waals surface area contributed by atoms with Crippen molar-refractivity contribution in [2.24, 2.45) is 0 Å². The summed E-state index contributed by atoms with van der Waals surface area (Å²) in [6.07, 6.45) is 6.81. The highest BCUT2D eigenvalue weighted by Crippen LogP contribution is 2.17. The van der Waals surface area contributed by atoms with E-state index in [-0.39, 0.29) is 18.8 Å². The molecule has 0 fully saturated rings. The molecule has 0 unspecified atom stereocenters. The summed E-state index contributed by atoms with van der Waals surface area (Å²) in [6.45, 7) is 2.19. The Labute approximate surface area is 177 Å². The average Bonchev–Trinajstić information content (AvgIpc) is 3.23. The van der Waals surface area contributed by atoms with Crippen LogP contribution in [-0.4, -0.2) is 37.6 Å². The molecule has 0 aliphatic carbocycles. The van der Waals surface area contributed by atoms with Gasteiger partial charge >= 0.3 is 16.9 Å². The Balaban J connectivity index is 2.08. The van der Waals surface area contributed by atoms with Crippen LogP contribution >= 0.6 is 0 Å². The summed E-state index contributed by atoms with van der Waals surface area (Å²) in [7, 11) is 1.53. The van der Waals surface area contributed by atoms with Crippen LogP contribution in [0.5, 0.6) is 0 Å². The number of para-hydroxylation sites is 1. The van der Waals surface area contributed by atoms with Crippen LogP contribution in [0.25, 0.3) is 17.8 Å². The lowest BCUT2D eigenvalue weighted by Gasteiger charge is -2.13. The van der Waals surface area contributed by atoms with Crippen molar-refractivity contribution in [2.75, 3.05) is 13.7 Å². The third kappa shape index (κ3) is 4.69. The van der Waals surface area contributed by atoms with Crippen molar-refractivity contribution >= 4 is 17.8 Å². The molecule has 162 valence electrons. The van der Waals surface area contributed by atoms with Gasteiger partial charge in [0, 0.05) is 38.6 Å². The largest absolute Gasteiger partial charge is 0.385 e. The van der Waals surface area contributed by atoms with Gasteiger partial charge in [0.2, 0.25) is 0 Å². The highest BCUT2D eigenvalue weighted by atomic mass is 16.6. The fourth-order valence-electron chi connectivity index (χ4n) is 3.22. The van der Waals surface area contributed by atoms with E-state index < -0.39 is 21.9 Å². The first kappa shape index (κ1) is 21.9. The zero-order chi connectivity index (χ0) is 22.4. The van der Waals surface area contributed by atoms with Gasteiger partial charge in [-0.05, 0) is 37.6 Å². The van der Waals surface area contributed by atoms with Gasteiger partial charge in [-0.1, -0.05) is 18.2 Å². The van der Waals surface area contributed by atoms with E-state index in [1.807, 2.05) is 30.3 Å². The van der Waals surface area contributed by atoms with Crippen molar-refractivity contribution in [1.29, 1.82) is 0 Å². The van der Waals surface area contributed by atoms with Crippen LogP contribution in [0.4, 0.5) is 5.69 Å². The second-order valence-corrected chi connectivity index (χ2v) is 6.71. The Bertz CT molecular complexity index is 1210. The number of ether oxygens (including phenoxy) is 1. The van der Waals surface area contributed by atoms with Gasteiger partial charge in [0.25, 0.3) is 0 Å². The van der Waals surface area contributed by atoms with Gasteiger partial charge in [0.15, 0.2) is 0 Å². The number of benzene rings is 1. The van der Waals surface area contributed by atoms with Crippen molar-refractivity contribution in [2.45, 2.75) is 26.4 Å². The molecular formula is C21H23N5O5. The summed E-state index contributed by atoms with van der Waals surface area (Å²) in [5.41, 5.74) is -0.670. The van der Waals surface area contributed by atoms with Crippen molar-refractivity contribution < 1.29 is 9.66 Å². The number of nitro groups is 1. The Hall–Kier alpha value is -3.79. The van der Waals surface area contributed by atoms with E-state index in [2.05, 4.69) is 5.10 Å². The van der Waals surface area contributed by atoms with Gasteiger partial charge in [-0.15, -0.1) is 0 Å². The normalized spacial score (nSPS) is 11.3. The Morgan fingerprint density at radius 2 is 1.90 bits per heavy atom. The van der Waals surface area contributed by atoms with E-state index in [0.717, 1.165) is 10.3 Å². The summed E-state index contributed by atoms with van der Waals surface area (Å²) in [5, 5.41) is 16.0. The first-order valence-electron chi connectivity index (χ1n) is 9.77. The van der Waals surface area contributed by atoms with Crippen LogP contribution in [0.2, 0.25) is 0 Å². The average molecular weight is 425 g/mol. The fraction of sp³-hybridized carbons (Fsp3) is 0.286. The molecule has 0 radical (unpaired) electrons. The lowest BCUT2D eigenvalue weighted by Crippen LogP contribution is -2.42. The number of aromatic nitrogens is 4. The second kappa shape index (κ2) is 9.81. The van der Waals surface area contributed by atoms with E-state index in [4.69, 9.17) is 4.74 Å². The van der Waals surface area contributed by atoms with Gasteiger partial charge in [0.1, 0.15) is 5.69 Å². The first-order chi connectivity index (χ1) is 15.0. The fourth-order valence-corrected chi connectivity index (χ4v) is 3.22. The summed E-state index contributed by atoms with van der Waals surface area (Å²) >= 11 is 0. The number of methoxy groups -OCH3 is 1. The molecule has 10 heteroatoms. The molecule has 0 saturated heterocycles. The first-order valence-corrected chi connectivity index (χ1v) is 9.77. The van der Waals surface area contributed by atoms with Crippen LogP contribution in [0.15, 0.2) is 52.3 Å². The number of hydrogen-bond acceptors (Lipinski definition) is 6. The van der Waals surface area contributed by atoms with E-state index >= 15 is 0 Å². The van der Waals surface area contributed by atoms with Gasteiger partial charge in [-0.25, -0.2) is 9.48 Å². The van der Waals surface area contributed by atoms with Gasteiger partial charge < -0.3 is 4.74 Å². The molecule has 0 bridgehead atoms. The maximum atomic E-state index is 12.8. The van der Waals surface area contributed by atoms with Crippen molar-refractivity contribution in [1.82, 2.24) is 18.9 Å². The molecule has 31 heavy (non-hydrogen) atoms. The predicted octanol–water partition coefficient (Wildman–Crippen LogP) is 2.33. The second-order valence-electron chi connectivity index (χ2n) is 6.71. The maximum Gasteiger partial charge on any atom is 0.357 e. The monoisotopic (exact) mass is 425 g/mol. The third-order valence-corrected chi connectivity index (χ3v) is 4.73. The molecule has 3 rings (SSSR count). The van der Waals surface area contributed by atoms with E-state index in [1.54, 1.807) is 30.1 Å². The molecule has 0 amide bonds. The molecule has 0 saturated carbocycles. The van der Waals surface area contributed by atoms with Crippen molar-refractivity contribution in [3.8, 4) is 5.69 Å². The topological polar surface area (TPSA) is 114 Å². The van der Waals surface area contributed by atoms with Crippen LogP contribution < -0.4 is 11.2 Å². The Kier molecular flexibility index (Phi) is 6.93. The molecule has 3 aromatic rings. The predicted molar refractivity (Wildman–Crippen MR) is 116 cm³/mol.